The van der Waals surface area contributed by atoms with Crippen LogP contribution in [0.25, 0.3) is 0 Å². The Bertz CT molecular complexity index is 430. The van der Waals surface area contributed by atoms with Gasteiger partial charge in [-0.2, -0.15) is 0 Å². The van der Waals surface area contributed by atoms with Crippen molar-refractivity contribution in [3.8, 4) is 0 Å². The fourth-order valence-corrected chi connectivity index (χ4v) is 2.07. The molecule has 0 radical (unpaired) electrons. The monoisotopic (exact) mass is 285 g/mol. The highest BCUT2D eigenvalue weighted by Gasteiger charge is 2.33. The van der Waals surface area contributed by atoms with Gasteiger partial charge in [0.1, 0.15) is 5.82 Å². The maximum Gasteiger partial charge on any atom is 0.229 e. The lowest BCUT2D eigenvalue weighted by atomic mass is 9.92. The standard InChI is InChI=1S/C15H21ClFNO/c1-5-18(14(19)15(3,4)10-16)11(2)12-6-8-13(17)9-7-12/h6-9,11H,5,10H2,1-4H3. The van der Waals surface area contributed by atoms with Gasteiger partial charge < -0.3 is 4.90 Å². The Kier molecular flexibility index (Phi) is 5.36. The summed E-state index contributed by atoms with van der Waals surface area (Å²) in [5.41, 5.74) is 0.327. The molecule has 0 N–H and O–H groups in total. The molecule has 0 fully saturated rings. The molecule has 1 atom stereocenters. The van der Waals surface area contributed by atoms with Crippen molar-refractivity contribution in [2.75, 3.05) is 12.4 Å². The number of nitrogens with zero attached hydrogens (tertiary/aromatic N) is 1. The minimum absolute atomic E-state index is 0.0156. The number of alkyl halides is 1. The zero-order chi connectivity index (χ0) is 14.6. The van der Waals surface area contributed by atoms with E-state index in [1.165, 1.54) is 12.1 Å². The second-order valence-electron chi connectivity index (χ2n) is 5.34. The van der Waals surface area contributed by atoms with Crippen LogP contribution in [0.3, 0.4) is 0 Å². The van der Waals surface area contributed by atoms with E-state index in [-0.39, 0.29) is 23.6 Å². The van der Waals surface area contributed by atoms with Crippen LogP contribution < -0.4 is 0 Å². The highest BCUT2D eigenvalue weighted by Crippen LogP contribution is 2.27. The van der Waals surface area contributed by atoms with Crippen LogP contribution in [-0.2, 0) is 4.79 Å². The second-order valence-corrected chi connectivity index (χ2v) is 5.60. The van der Waals surface area contributed by atoms with E-state index in [9.17, 15) is 9.18 Å². The van der Waals surface area contributed by atoms with Gasteiger partial charge in [0, 0.05) is 12.4 Å². The number of hydrogen-bond donors (Lipinski definition) is 0. The summed E-state index contributed by atoms with van der Waals surface area (Å²) in [6.07, 6.45) is 0. The summed E-state index contributed by atoms with van der Waals surface area (Å²) in [5.74, 6) is 0.0200. The Morgan fingerprint density at radius 2 is 1.89 bits per heavy atom. The number of rotatable bonds is 5. The molecule has 0 heterocycles. The van der Waals surface area contributed by atoms with E-state index in [2.05, 4.69) is 0 Å². The summed E-state index contributed by atoms with van der Waals surface area (Å²) in [4.78, 5) is 14.2. The number of hydrogen-bond acceptors (Lipinski definition) is 1. The van der Waals surface area contributed by atoms with Gasteiger partial charge in [-0.25, -0.2) is 4.39 Å². The van der Waals surface area contributed by atoms with Crippen molar-refractivity contribution in [1.82, 2.24) is 4.90 Å². The van der Waals surface area contributed by atoms with Crippen molar-refractivity contribution in [2.45, 2.75) is 33.7 Å². The number of carbonyl (C=O) groups excluding carboxylic acids is 1. The number of carbonyl (C=O) groups is 1. The maximum atomic E-state index is 12.9. The van der Waals surface area contributed by atoms with Gasteiger partial charge in [-0.1, -0.05) is 12.1 Å². The Labute approximate surface area is 119 Å². The average Bonchev–Trinajstić information content (AvgIpc) is 2.40. The largest absolute Gasteiger partial charge is 0.336 e. The summed E-state index contributed by atoms with van der Waals surface area (Å²) in [5, 5.41) is 0. The Morgan fingerprint density at radius 1 is 1.37 bits per heavy atom. The molecule has 2 nitrogen and oxygen atoms in total. The van der Waals surface area contributed by atoms with Crippen molar-refractivity contribution in [3.05, 3.63) is 35.6 Å². The quantitative estimate of drug-likeness (QED) is 0.749. The molecule has 0 aliphatic carbocycles. The van der Waals surface area contributed by atoms with Crippen LogP contribution in [0.2, 0.25) is 0 Å². The van der Waals surface area contributed by atoms with E-state index < -0.39 is 5.41 Å². The van der Waals surface area contributed by atoms with Gasteiger partial charge in [-0.05, 0) is 45.4 Å². The second kappa shape index (κ2) is 6.38. The zero-order valence-electron chi connectivity index (χ0n) is 11.9. The van der Waals surface area contributed by atoms with Gasteiger partial charge in [0.15, 0.2) is 0 Å². The first-order chi connectivity index (χ1) is 8.83. The lowest BCUT2D eigenvalue weighted by molar-refractivity contribution is -0.141. The fourth-order valence-electron chi connectivity index (χ4n) is 1.96. The summed E-state index contributed by atoms with van der Waals surface area (Å²) in [6.45, 7) is 8.14. The molecule has 0 bridgehead atoms. The minimum Gasteiger partial charge on any atom is -0.336 e. The van der Waals surface area contributed by atoms with Crippen LogP contribution in [-0.4, -0.2) is 23.2 Å². The minimum atomic E-state index is -0.591. The Hall–Kier alpha value is -1.09. The molecule has 1 aromatic rings. The molecular formula is C15H21ClFNO. The molecular weight excluding hydrogens is 265 g/mol. The third-order valence-corrected chi connectivity index (χ3v) is 4.00. The maximum absolute atomic E-state index is 12.9. The molecule has 0 aliphatic rings. The van der Waals surface area contributed by atoms with E-state index in [4.69, 9.17) is 11.6 Å². The predicted molar refractivity (Wildman–Crippen MR) is 76.7 cm³/mol. The molecule has 1 amide bonds. The molecule has 4 heteroatoms. The van der Waals surface area contributed by atoms with Crippen LogP contribution in [0.15, 0.2) is 24.3 Å². The zero-order valence-corrected chi connectivity index (χ0v) is 12.7. The number of halogens is 2. The molecule has 0 spiro atoms. The van der Waals surface area contributed by atoms with Gasteiger partial charge in [0.05, 0.1) is 11.5 Å². The molecule has 0 saturated carbocycles. The van der Waals surface area contributed by atoms with Gasteiger partial charge in [0.2, 0.25) is 5.91 Å². The van der Waals surface area contributed by atoms with Crippen molar-refractivity contribution >= 4 is 17.5 Å². The summed E-state index contributed by atoms with van der Waals surface area (Å²) in [6, 6.07) is 6.15. The van der Waals surface area contributed by atoms with Crippen molar-refractivity contribution in [3.63, 3.8) is 0 Å². The first kappa shape index (κ1) is 16.0. The van der Waals surface area contributed by atoms with Gasteiger partial charge in [0.25, 0.3) is 0 Å². The lowest BCUT2D eigenvalue weighted by Gasteiger charge is -2.34. The first-order valence-corrected chi connectivity index (χ1v) is 6.99. The van der Waals surface area contributed by atoms with Crippen molar-refractivity contribution in [2.24, 2.45) is 5.41 Å². The van der Waals surface area contributed by atoms with E-state index in [1.807, 2.05) is 27.7 Å². The van der Waals surface area contributed by atoms with Crippen molar-refractivity contribution < 1.29 is 9.18 Å². The van der Waals surface area contributed by atoms with Gasteiger partial charge in [-0.15, -0.1) is 11.6 Å². The summed E-state index contributed by atoms with van der Waals surface area (Å²) in [7, 11) is 0. The van der Waals surface area contributed by atoms with Crippen LogP contribution in [0.5, 0.6) is 0 Å². The molecule has 0 saturated heterocycles. The molecule has 0 aliphatic heterocycles. The van der Waals surface area contributed by atoms with E-state index in [0.717, 1.165) is 5.56 Å². The molecule has 1 unspecified atom stereocenters. The van der Waals surface area contributed by atoms with Crippen LogP contribution in [0, 0.1) is 11.2 Å². The smallest absolute Gasteiger partial charge is 0.229 e. The predicted octanol–water partition coefficient (Wildman–Crippen LogP) is 4.00. The summed E-state index contributed by atoms with van der Waals surface area (Å²) < 4.78 is 12.9. The normalized spacial score (nSPS) is 13.2. The molecule has 19 heavy (non-hydrogen) atoms. The highest BCUT2D eigenvalue weighted by atomic mass is 35.5. The highest BCUT2D eigenvalue weighted by molar-refractivity contribution is 6.19. The third-order valence-electron chi connectivity index (χ3n) is 3.33. The topological polar surface area (TPSA) is 20.3 Å². The average molecular weight is 286 g/mol. The van der Waals surface area contributed by atoms with E-state index in [1.54, 1.807) is 17.0 Å². The molecule has 1 aromatic carbocycles. The van der Waals surface area contributed by atoms with Gasteiger partial charge in [-0.3, -0.25) is 4.79 Å². The van der Waals surface area contributed by atoms with E-state index in [0.29, 0.717) is 6.54 Å². The first-order valence-electron chi connectivity index (χ1n) is 6.46. The SMILES string of the molecule is CCN(C(=O)C(C)(C)CCl)C(C)c1ccc(F)cc1. The lowest BCUT2D eigenvalue weighted by Crippen LogP contribution is -2.43. The Morgan fingerprint density at radius 3 is 2.32 bits per heavy atom. The number of benzene rings is 1. The molecule has 1 rings (SSSR count). The number of amides is 1. The van der Waals surface area contributed by atoms with Crippen LogP contribution in [0.1, 0.15) is 39.3 Å². The van der Waals surface area contributed by atoms with E-state index >= 15 is 0 Å². The fraction of sp³-hybridized carbons (Fsp3) is 0.533. The molecule has 106 valence electrons. The Balaban J connectivity index is 2.97. The van der Waals surface area contributed by atoms with Gasteiger partial charge >= 0.3 is 0 Å². The third kappa shape index (κ3) is 3.69. The summed E-state index contributed by atoms with van der Waals surface area (Å²) >= 11 is 5.86. The van der Waals surface area contributed by atoms with Crippen LogP contribution >= 0.6 is 11.6 Å². The molecule has 0 aromatic heterocycles. The van der Waals surface area contributed by atoms with Crippen molar-refractivity contribution in [1.29, 1.82) is 0 Å². The van der Waals surface area contributed by atoms with Crippen LogP contribution in [0.4, 0.5) is 4.39 Å².